The Morgan fingerprint density at radius 1 is 1.22 bits per heavy atom. The number of nitrogens with two attached hydrogens (primary N) is 1. The van der Waals surface area contributed by atoms with Crippen LogP contribution in [-0.4, -0.2) is 26.5 Å². The number of carbonyl (C=O) groups excluding carboxylic acids is 1. The van der Waals surface area contributed by atoms with Crippen LogP contribution in [0.25, 0.3) is 11.4 Å². The number of benzene rings is 2. The molecule has 0 atom stereocenters. The van der Waals surface area contributed by atoms with Gasteiger partial charge in [-0.2, -0.15) is 0 Å². The zero-order valence-electron chi connectivity index (χ0n) is 14.0. The van der Waals surface area contributed by atoms with Gasteiger partial charge in [0.1, 0.15) is 5.82 Å². The van der Waals surface area contributed by atoms with Gasteiger partial charge in [-0.1, -0.05) is 52.7 Å². The van der Waals surface area contributed by atoms with E-state index in [9.17, 15) is 9.18 Å². The Bertz CT molecular complexity index is 994. The van der Waals surface area contributed by atoms with Gasteiger partial charge >= 0.3 is 0 Å². The zero-order valence-corrected chi connectivity index (χ0v) is 16.4. The van der Waals surface area contributed by atoms with E-state index in [4.69, 9.17) is 29.0 Å². The number of thioether (sulfide) groups is 1. The summed E-state index contributed by atoms with van der Waals surface area (Å²) in [6.45, 7) is 1.96. The van der Waals surface area contributed by atoms with Gasteiger partial charge in [0, 0.05) is 11.3 Å². The minimum atomic E-state index is -0.647. The number of hydrogen-bond acceptors (Lipinski definition) is 5. The van der Waals surface area contributed by atoms with Gasteiger partial charge in [-0.25, -0.2) is 9.07 Å². The fourth-order valence-corrected chi connectivity index (χ4v) is 3.34. The molecule has 0 aliphatic heterocycles. The van der Waals surface area contributed by atoms with Crippen LogP contribution in [0.5, 0.6) is 0 Å². The lowest BCUT2D eigenvalue weighted by molar-refractivity contribution is -0.113. The summed E-state index contributed by atoms with van der Waals surface area (Å²) in [6, 6.07) is 9.85. The highest BCUT2D eigenvalue weighted by atomic mass is 35.5. The van der Waals surface area contributed by atoms with Gasteiger partial charge in [0.25, 0.3) is 0 Å². The molecule has 1 heterocycles. The van der Waals surface area contributed by atoms with E-state index in [0.717, 1.165) is 28.1 Å². The van der Waals surface area contributed by atoms with E-state index in [0.29, 0.717) is 5.69 Å². The lowest BCUT2D eigenvalue weighted by Gasteiger charge is -2.07. The van der Waals surface area contributed by atoms with Crippen molar-refractivity contribution in [3.63, 3.8) is 0 Å². The van der Waals surface area contributed by atoms with E-state index in [2.05, 4.69) is 15.5 Å². The molecule has 0 saturated carbocycles. The van der Waals surface area contributed by atoms with Crippen LogP contribution in [0.3, 0.4) is 0 Å². The van der Waals surface area contributed by atoms with Gasteiger partial charge < -0.3 is 11.2 Å². The summed E-state index contributed by atoms with van der Waals surface area (Å²) in [5.41, 5.74) is 2.05. The molecule has 1 amide bonds. The fourth-order valence-electron chi connectivity index (χ4n) is 2.22. The number of nitrogen functional groups attached to an aromatic ring is 1. The second-order valence-electron chi connectivity index (χ2n) is 5.63. The number of carbonyl (C=O) groups is 1. The molecule has 0 aliphatic rings. The van der Waals surface area contributed by atoms with Crippen LogP contribution < -0.4 is 11.2 Å². The van der Waals surface area contributed by atoms with E-state index in [1.54, 1.807) is 0 Å². The van der Waals surface area contributed by atoms with E-state index < -0.39 is 5.82 Å². The largest absolute Gasteiger partial charge is 0.335 e. The quantitative estimate of drug-likeness (QED) is 0.364. The maximum absolute atomic E-state index is 13.7. The number of nitrogens with one attached hydrogen (secondary N) is 1. The summed E-state index contributed by atoms with van der Waals surface area (Å²) in [6.07, 6.45) is 0. The van der Waals surface area contributed by atoms with Crippen LogP contribution in [0.4, 0.5) is 10.1 Å². The van der Waals surface area contributed by atoms with Gasteiger partial charge in [0.2, 0.25) is 11.1 Å². The summed E-state index contributed by atoms with van der Waals surface area (Å²) < 4.78 is 14.9. The predicted octanol–water partition coefficient (Wildman–Crippen LogP) is 4.14. The molecule has 0 bridgehead atoms. The molecule has 27 heavy (non-hydrogen) atoms. The van der Waals surface area contributed by atoms with E-state index in [1.165, 1.54) is 6.07 Å². The lowest BCUT2D eigenvalue weighted by atomic mass is 10.2. The minimum Gasteiger partial charge on any atom is -0.335 e. The van der Waals surface area contributed by atoms with Crippen molar-refractivity contribution in [1.29, 1.82) is 0 Å². The van der Waals surface area contributed by atoms with Crippen LogP contribution >= 0.6 is 35.0 Å². The van der Waals surface area contributed by atoms with Crippen molar-refractivity contribution in [1.82, 2.24) is 14.9 Å². The molecule has 0 fully saturated rings. The first-order valence-corrected chi connectivity index (χ1v) is 9.44. The molecule has 1 aromatic heterocycles. The number of anilines is 1. The minimum absolute atomic E-state index is 0.0753. The molecule has 140 valence electrons. The number of aryl methyl sites for hydroxylation is 1. The third kappa shape index (κ3) is 4.52. The summed E-state index contributed by atoms with van der Waals surface area (Å²) in [7, 11) is 0. The van der Waals surface area contributed by atoms with E-state index in [-0.39, 0.29) is 38.2 Å². The third-order valence-electron chi connectivity index (χ3n) is 3.58. The van der Waals surface area contributed by atoms with E-state index in [1.807, 2.05) is 31.2 Å². The number of aromatic nitrogens is 3. The second kappa shape index (κ2) is 8.16. The predicted molar refractivity (Wildman–Crippen MR) is 106 cm³/mol. The Labute approximate surface area is 168 Å². The Hall–Kier alpha value is -2.29. The number of hydrogen-bond donors (Lipinski definition) is 2. The fraction of sp³-hybridized carbons (Fsp3) is 0.118. The molecule has 0 spiro atoms. The number of nitrogens with zero attached hydrogens (tertiary/aromatic N) is 3. The molecule has 0 radical (unpaired) electrons. The highest BCUT2D eigenvalue weighted by molar-refractivity contribution is 7.99. The smallest absolute Gasteiger partial charge is 0.234 e. The topological polar surface area (TPSA) is 85.8 Å². The van der Waals surface area contributed by atoms with Crippen LogP contribution in [0.1, 0.15) is 5.56 Å². The molecule has 3 N–H and O–H groups in total. The molecular formula is C17H14Cl2FN5OS. The highest BCUT2D eigenvalue weighted by Gasteiger charge is 2.18. The SMILES string of the molecule is Cc1ccc(NC(=O)CSc2nnc(-c3cc(F)c(Cl)cc3Cl)n2N)cc1. The van der Waals surface area contributed by atoms with Gasteiger partial charge in [-0.05, 0) is 31.2 Å². The van der Waals surface area contributed by atoms with Gasteiger partial charge in [0.15, 0.2) is 5.82 Å². The highest BCUT2D eigenvalue weighted by Crippen LogP contribution is 2.32. The van der Waals surface area contributed by atoms with Crippen molar-refractivity contribution in [3.8, 4) is 11.4 Å². The van der Waals surface area contributed by atoms with Crippen molar-refractivity contribution in [2.45, 2.75) is 12.1 Å². The number of rotatable bonds is 5. The number of amides is 1. The molecular weight excluding hydrogens is 412 g/mol. The lowest BCUT2D eigenvalue weighted by Crippen LogP contribution is -2.16. The maximum atomic E-state index is 13.7. The van der Waals surface area contributed by atoms with Crippen LogP contribution in [0, 0.1) is 12.7 Å². The molecule has 6 nitrogen and oxygen atoms in total. The van der Waals surface area contributed by atoms with Crippen molar-refractivity contribution in [2.24, 2.45) is 0 Å². The normalized spacial score (nSPS) is 10.8. The average molecular weight is 426 g/mol. The summed E-state index contributed by atoms with van der Waals surface area (Å²) in [5.74, 6) is 5.35. The van der Waals surface area contributed by atoms with Gasteiger partial charge in [0.05, 0.1) is 15.8 Å². The molecule has 2 aromatic carbocycles. The monoisotopic (exact) mass is 425 g/mol. The van der Waals surface area contributed by atoms with E-state index >= 15 is 0 Å². The molecule has 10 heteroatoms. The van der Waals surface area contributed by atoms with Crippen LogP contribution in [-0.2, 0) is 4.79 Å². The Morgan fingerprint density at radius 2 is 1.93 bits per heavy atom. The first kappa shape index (κ1) is 19.5. The molecule has 0 unspecified atom stereocenters. The summed E-state index contributed by atoms with van der Waals surface area (Å²) in [4.78, 5) is 12.1. The Kier molecular flexibility index (Phi) is 5.88. The maximum Gasteiger partial charge on any atom is 0.234 e. The summed E-state index contributed by atoms with van der Waals surface area (Å²) in [5, 5.41) is 11.0. The second-order valence-corrected chi connectivity index (χ2v) is 7.38. The van der Waals surface area contributed by atoms with Crippen LogP contribution in [0.2, 0.25) is 10.0 Å². The van der Waals surface area contributed by atoms with Crippen molar-refractivity contribution in [3.05, 3.63) is 57.8 Å². The van der Waals surface area contributed by atoms with Gasteiger partial charge in [-0.15, -0.1) is 10.2 Å². The first-order chi connectivity index (χ1) is 12.8. The first-order valence-electron chi connectivity index (χ1n) is 7.70. The molecule has 0 saturated heterocycles. The van der Waals surface area contributed by atoms with Gasteiger partial charge in [-0.3, -0.25) is 4.79 Å². The summed E-state index contributed by atoms with van der Waals surface area (Å²) >= 11 is 12.9. The molecule has 3 rings (SSSR count). The zero-order chi connectivity index (χ0) is 19.6. The molecule has 0 aliphatic carbocycles. The third-order valence-corrected chi connectivity index (χ3v) is 5.13. The standard InChI is InChI=1S/C17H14Cl2FN5OS/c1-9-2-4-10(5-3-9)22-15(26)8-27-17-24-23-16(25(17)21)11-6-14(20)13(19)7-12(11)18/h2-7H,8,21H2,1H3,(H,22,26). The Morgan fingerprint density at radius 3 is 2.63 bits per heavy atom. The van der Waals surface area contributed by atoms with Crippen LogP contribution in [0.15, 0.2) is 41.6 Å². The number of halogens is 3. The average Bonchev–Trinajstić information content (AvgIpc) is 2.99. The van der Waals surface area contributed by atoms with Crippen molar-refractivity contribution >= 4 is 46.6 Å². The Balaban J connectivity index is 1.70. The molecule has 3 aromatic rings. The van der Waals surface area contributed by atoms with Crippen molar-refractivity contribution in [2.75, 3.05) is 16.9 Å². The van der Waals surface area contributed by atoms with Crippen molar-refractivity contribution < 1.29 is 9.18 Å².